The number of anilines is 1. The van der Waals surface area contributed by atoms with E-state index in [1.54, 1.807) is 0 Å². The van der Waals surface area contributed by atoms with E-state index in [9.17, 15) is 23.1 Å². The Kier molecular flexibility index (Phi) is 6.56. The summed E-state index contributed by atoms with van der Waals surface area (Å²) in [5.41, 5.74) is 5.78. The van der Waals surface area contributed by atoms with Crippen molar-refractivity contribution in [1.29, 1.82) is 0 Å². The first-order valence-corrected chi connectivity index (χ1v) is 12.0. The number of amides is 1. The van der Waals surface area contributed by atoms with Crippen LogP contribution in [0.5, 0.6) is 0 Å². The second kappa shape index (κ2) is 9.66. The largest absolute Gasteiger partial charge is 0.433 e. The van der Waals surface area contributed by atoms with Gasteiger partial charge in [0.1, 0.15) is 23.5 Å². The van der Waals surface area contributed by atoms with Crippen LogP contribution in [0.15, 0.2) is 36.9 Å². The molecule has 0 unspecified atom stereocenters. The van der Waals surface area contributed by atoms with Crippen molar-refractivity contribution in [2.75, 3.05) is 24.5 Å². The van der Waals surface area contributed by atoms with Crippen LogP contribution < -0.4 is 10.6 Å². The molecule has 1 aliphatic heterocycles. The normalized spacial score (nSPS) is 21.1. The highest BCUT2D eigenvalue weighted by Crippen LogP contribution is 2.36. The van der Waals surface area contributed by atoms with Gasteiger partial charge in [0.2, 0.25) is 5.91 Å². The lowest BCUT2D eigenvalue weighted by atomic mass is 9.93. The molecule has 1 aliphatic carbocycles. The number of likely N-dealkylation sites (tertiary alicyclic amines) is 1. The third-order valence-electron chi connectivity index (χ3n) is 6.88. The topological polar surface area (TPSA) is 113 Å². The number of hydrogen-bond acceptors (Lipinski definition) is 7. The minimum absolute atomic E-state index is 0.000832. The Hall–Kier alpha value is -3.25. The van der Waals surface area contributed by atoms with Gasteiger partial charge in [-0.15, -0.1) is 0 Å². The number of fused-ring (bicyclic) bond motifs is 1. The molecule has 3 aromatic heterocycles. The number of aromatic nitrogens is 4. The van der Waals surface area contributed by atoms with Gasteiger partial charge in [-0.05, 0) is 43.5 Å². The van der Waals surface area contributed by atoms with E-state index in [-0.39, 0.29) is 18.5 Å². The fourth-order valence-electron chi connectivity index (χ4n) is 4.89. The quantitative estimate of drug-likeness (QED) is 0.485. The molecule has 2 aliphatic rings. The van der Waals surface area contributed by atoms with Gasteiger partial charge >= 0.3 is 6.18 Å². The van der Waals surface area contributed by atoms with Crippen molar-refractivity contribution in [3.05, 3.63) is 48.2 Å². The number of primary amides is 1. The van der Waals surface area contributed by atoms with E-state index in [4.69, 9.17) is 5.73 Å². The molecule has 1 amide bonds. The van der Waals surface area contributed by atoms with Gasteiger partial charge in [-0.2, -0.15) is 13.2 Å². The van der Waals surface area contributed by atoms with Crippen molar-refractivity contribution in [3.63, 3.8) is 0 Å². The van der Waals surface area contributed by atoms with E-state index in [1.807, 2.05) is 21.7 Å². The van der Waals surface area contributed by atoms with Crippen LogP contribution in [0.2, 0.25) is 0 Å². The van der Waals surface area contributed by atoms with Crippen molar-refractivity contribution in [2.45, 2.75) is 50.7 Å². The van der Waals surface area contributed by atoms with Gasteiger partial charge in [0, 0.05) is 44.0 Å². The molecular formula is C24H28F3N7O2. The highest BCUT2D eigenvalue weighted by Gasteiger charge is 2.34. The number of rotatable bonds is 8. The fourth-order valence-corrected chi connectivity index (χ4v) is 4.89. The van der Waals surface area contributed by atoms with Crippen LogP contribution >= 0.6 is 0 Å². The highest BCUT2D eigenvalue weighted by atomic mass is 19.4. The lowest BCUT2D eigenvalue weighted by Crippen LogP contribution is -2.47. The summed E-state index contributed by atoms with van der Waals surface area (Å²) in [6.45, 7) is 2.17. The smallest absolute Gasteiger partial charge is 0.391 e. The molecule has 2 fully saturated rings. The number of alkyl halides is 3. The molecule has 0 aromatic carbocycles. The summed E-state index contributed by atoms with van der Waals surface area (Å²) < 4.78 is 40.7. The van der Waals surface area contributed by atoms with E-state index >= 15 is 0 Å². The van der Waals surface area contributed by atoms with E-state index < -0.39 is 23.9 Å². The van der Waals surface area contributed by atoms with Crippen molar-refractivity contribution >= 4 is 22.8 Å². The zero-order valence-electron chi connectivity index (χ0n) is 19.6. The van der Waals surface area contributed by atoms with Crippen LogP contribution in [-0.2, 0) is 24.1 Å². The van der Waals surface area contributed by atoms with Crippen molar-refractivity contribution in [1.82, 2.24) is 24.4 Å². The SMILES string of the molecule is NC(=O)CN1CC[C@H](Cn2ccc3c(N(Cc4ccc(C(F)(F)F)nc4)C4CC4)ncnc32)[C@@H](O)C1. The summed E-state index contributed by atoms with van der Waals surface area (Å²) in [6, 6.07) is 4.66. The summed E-state index contributed by atoms with van der Waals surface area (Å²) in [5.74, 6) is 0.326. The Morgan fingerprint density at radius 1 is 1.17 bits per heavy atom. The summed E-state index contributed by atoms with van der Waals surface area (Å²) in [4.78, 5) is 27.8. The van der Waals surface area contributed by atoms with Crippen molar-refractivity contribution in [3.8, 4) is 0 Å². The molecule has 3 aromatic rings. The number of β-amino-alcohol motifs (C(OH)–C–C–N with tert-alkyl or cyclic N) is 1. The van der Waals surface area contributed by atoms with Gasteiger partial charge in [-0.1, -0.05) is 6.07 Å². The molecule has 5 rings (SSSR count). The maximum Gasteiger partial charge on any atom is 0.433 e. The van der Waals surface area contributed by atoms with Crippen LogP contribution in [0.3, 0.4) is 0 Å². The number of piperidine rings is 1. The first-order chi connectivity index (χ1) is 17.2. The molecule has 0 bridgehead atoms. The van der Waals surface area contributed by atoms with Crippen LogP contribution in [0.25, 0.3) is 11.0 Å². The molecule has 3 N–H and O–H groups in total. The average molecular weight is 504 g/mol. The van der Waals surface area contributed by atoms with Crippen molar-refractivity contribution in [2.24, 2.45) is 11.7 Å². The standard InChI is InChI=1S/C24H28F3N7O2/c25-24(26,27)20-4-1-15(9-29-20)10-34(17-2-3-17)23-18-6-8-33(22(18)30-14-31-23)11-16-5-7-32(12-19(16)35)13-21(28)36/h1,4,6,8-9,14,16-17,19,35H,2-3,5,7,10-13H2,(H2,28,36)/t16-,19+/m1/s1. The first kappa shape index (κ1) is 24.4. The van der Waals surface area contributed by atoms with Gasteiger partial charge in [-0.3, -0.25) is 14.7 Å². The Morgan fingerprint density at radius 3 is 2.61 bits per heavy atom. The summed E-state index contributed by atoms with van der Waals surface area (Å²) in [7, 11) is 0. The molecule has 36 heavy (non-hydrogen) atoms. The third-order valence-corrected chi connectivity index (χ3v) is 6.88. The minimum Gasteiger partial charge on any atom is -0.391 e. The number of carbonyl (C=O) groups is 1. The molecule has 192 valence electrons. The molecule has 0 radical (unpaired) electrons. The third kappa shape index (κ3) is 5.29. The number of carbonyl (C=O) groups excluding carboxylic acids is 1. The van der Waals surface area contributed by atoms with Crippen molar-refractivity contribution < 1.29 is 23.1 Å². The van der Waals surface area contributed by atoms with E-state index in [1.165, 1.54) is 18.6 Å². The number of nitrogens with zero attached hydrogens (tertiary/aromatic N) is 6. The van der Waals surface area contributed by atoms with Crippen LogP contribution in [0, 0.1) is 5.92 Å². The Bertz CT molecular complexity index is 1230. The second-order valence-electron chi connectivity index (χ2n) is 9.63. The highest BCUT2D eigenvalue weighted by molar-refractivity contribution is 5.88. The average Bonchev–Trinajstić information content (AvgIpc) is 3.59. The van der Waals surface area contributed by atoms with Crippen LogP contribution in [0.4, 0.5) is 19.0 Å². The van der Waals surface area contributed by atoms with Gasteiger partial charge < -0.3 is 20.3 Å². The zero-order valence-corrected chi connectivity index (χ0v) is 19.6. The van der Waals surface area contributed by atoms with Gasteiger partial charge in [-0.25, -0.2) is 9.97 Å². The van der Waals surface area contributed by atoms with Crippen LogP contribution in [0.1, 0.15) is 30.5 Å². The lowest BCUT2D eigenvalue weighted by molar-refractivity contribution is -0.141. The van der Waals surface area contributed by atoms with Gasteiger partial charge in [0.05, 0.1) is 18.0 Å². The van der Waals surface area contributed by atoms with Gasteiger partial charge in [0.15, 0.2) is 0 Å². The van der Waals surface area contributed by atoms with Crippen LogP contribution in [-0.4, -0.2) is 67.2 Å². The second-order valence-corrected chi connectivity index (χ2v) is 9.63. The Labute approximate surface area is 205 Å². The molecule has 12 heteroatoms. The maximum atomic E-state index is 12.9. The number of aliphatic hydroxyl groups is 1. The van der Waals surface area contributed by atoms with E-state index in [0.717, 1.165) is 42.2 Å². The predicted molar refractivity (Wildman–Crippen MR) is 126 cm³/mol. The first-order valence-electron chi connectivity index (χ1n) is 12.0. The van der Waals surface area contributed by atoms with E-state index in [2.05, 4.69) is 19.9 Å². The molecule has 1 saturated heterocycles. The summed E-state index contributed by atoms with van der Waals surface area (Å²) in [5, 5.41) is 11.5. The number of halogens is 3. The number of aliphatic hydroxyl groups excluding tert-OH is 1. The molecule has 1 saturated carbocycles. The molecular weight excluding hydrogens is 475 g/mol. The molecule has 0 spiro atoms. The maximum absolute atomic E-state index is 12.9. The Balaban J connectivity index is 1.34. The summed E-state index contributed by atoms with van der Waals surface area (Å²) >= 11 is 0. The number of hydrogen-bond donors (Lipinski definition) is 2. The zero-order chi connectivity index (χ0) is 25.4. The molecule has 4 heterocycles. The monoisotopic (exact) mass is 503 g/mol. The number of nitrogens with two attached hydrogens (primary N) is 1. The molecule has 9 nitrogen and oxygen atoms in total. The lowest BCUT2D eigenvalue weighted by Gasteiger charge is -2.35. The predicted octanol–water partition coefficient (Wildman–Crippen LogP) is 2.18. The summed E-state index contributed by atoms with van der Waals surface area (Å²) in [6.07, 6.45) is 2.33. The number of pyridine rings is 1. The minimum atomic E-state index is -4.47. The fraction of sp³-hybridized carbons (Fsp3) is 0.500. The Morgan fingerprint density at radius 2 is 1.97 bits per heavy atom. The van der Waals surface area contributed by atoms with Gasteiger partial charge in [0.25, 0.3) is 0 Å². The van der Waals surface area contributed by atoms with E-state index in [0.29, 0.717) is 31.7 Å². The molecule has 2 atom stereocenters.